The molecule has 0 aliphatic heterocycles. The molecule has 0 heterocycles. The highest BCUT2D eigenvalue weighted by Crippen LogP contribution is 2.24. The number of nitrogens with one attached hydrogen (secondary N) is 1. The summed E-state index contributed by atoms with van der Waals surface area (Å²) >= 11 is 0. The van der Waals surface area contributed by atoms with Crippen molar-refractivity contribution in [3.05, 3.63) is 23.8 Å². The first-order chi connectivity index (χ1) is 7.31. The lowest BCUT2D eigenvalue weighted by Gasteiger charge is -2.12. The van der Waals surface area contributed by atoms with Gasteiger partial charge in [0, 0.05) is 12.1 Å². The number of benzene rings is 1. The predicted octanol–water partition coefficient (Wildman–Crippen LogP) is 2.20. The van der Waals surface area contributed by atoms with Crippen molar-refractivity contribution in [3.63, 3.8) is 0 Å². The molecule has 0 aliphatic rings. The largest absolute Gasteiger partial charge is 0.494 e. The van der Waals surface area contributed by atoms with E-state index in [0.29, 0.717) is 13.2 Å². The molecule has 0 amide bonds. The van der Waals surface area contributed by atoms with Gasteiger partial charge in [0.1, 0.15) is 11.5 Å². The fourth-order valence-corrected chi connectivity index (χ4v) is 1.44. The Morgan fingerprint density at radius 3 is 2.47 bits per heavy atom. The lowest BCUT2D eigenvalue weighted by Crippen LogP contribution is -2.08. The van der Waals surface area contributed by atoms with Crippen molar-refractivity contribution in [2.45, 2.75) is 20.4 Å². The summed E-state index contributed by atoms with van der Waals surface area (Å²) in [5, 5.41) is 3.12. The highest BCUT2D eigenvalue weighted by atomic mass is 16.5. The first-order valence-corrected chi connectivity index (χ1v) is 5.34. The van der Waals surface area contributed by atoms with Gasteiger partial charge >= 0.3 is 0 Å². The minimum absolute atomic E-state index is 0.685. The van der Waals surface area contributed by atoms with Gasteiger partial charge in [-0.1, -0.05) is 0 Å². The maximum Gasteiger partial charge on any atom is 0.124 e. The zero-order valence-electron chi connectivity index (χ0n) is 9.67. The van der Waals surface area contributed by atoms with E-state index in [1.807, 2.05) is 39.1 Å². The second-order valence-electron chi connectivity index (χ2n) is 3.17. The van der Waals surface area contributed by atoms with Crippen molar-refractivity contribution in [2.24, 2.45) is 0 Å². The van der Waals surface area contributed by atoms with Crippen LogP contribution < -0.4 is 14.8 Å². The van der Waals surface area contributed by atoms with E-state index >= 15 is 0 Å². The Bertz CT molecular complexity index is 300. The summed E-state index contributed by atoms with van der Waals surface area (Å²) in [7, 11) is 1.92. The molecule has 0 radical (unpaired) electrons. The van der Waals surface area contributed by atoms with Crippen LogP contribution in [0.5, 0.6) is 11.5 Å². The summed E-state index contributed by atoms with van der Waals surface area (Å²) in [6.45, 7) is 6.13. The standard InChI is InChI=1S/C12H19NO2/c1-4-14-11-6-7-12(15-5-2)10(8-11)9-13-3/h6-8,13H,4-5,9H2,1-3H3. The summed E-state index contributed by atoms with van der Waals surface area (Å²) in [6.07, 6.45) is 0. The molecule has 0 saturated carbocycles. The van der Waals surface area contributed by atoms with Gasteiger partial charge in [-0.25, -0.2) is 0 Å². The second kappa shape index (κ2) is 6.30. The SMILES string of the molecule is CCOc1ccc(OCC)c(CNC)c1. The Morgan fingerprint density at radius 2 is 1.87 bits per heavy atom. The number of hydrogen-bond donors (Lipinski definition) is 1. The van der Waals surface area contributed by atoms with E-state index in [-0.39, 0.29) is 0 Å². The Hall–Kier alpha value is -1.22. The highest BCUT2D eigenvalue weighted by molar-refractivity contribution is 5.40. The maximum absolute atomic E-state index is 5.53. The topological polar surface area (TPSA) is 30.5 Å². The van der Waals surface area contributed by atoms with Crippen LogP contribution in [0.15, 0.2) is 18.2 Å². The zero-order valence-corrected chi connectivity index (χ0v) is 9.67. The normalized spacial score (nSPS) is 10.1. The van der Waals surface area contributed by atoms with E-state index in [9.17, 15) is 0 Å². The number of rotatable bonds is 6. The Balaban J connectivity index is 2.87. The van der Waals surface area contributed by atoms with Crippen molar-refractivity contribution >= 4 is 0 Å². The lowest BCUT2D eigenvalue weighted by atomic mass is 10.2. The molecule has 0 unspecified atom stereocenters. The van der Waals surface area contributed by atoms with E-state index in [4.69, 9.17) is 9.47 Å². The highest BCUT2D eigenvalue weighted by Gasteiger charge is 2.04. The van der Waals surface area contributed by atoms with Gasteiger partial charge in [0.05, 0.1) is 13.2 Å². The molecule has 0 fully saturated rings. The molecule has 0 aliphatic carbocycles. The van der Waals surface area contributed by atoms with Crippen LogP contribution in [0.4, 0.5) is 0 Å². The van der Waals surface area contributed by atoms with Crippen LogP contribution in [-0.2, 0) is 6.54 Å². The van der Waals surface area contributed by atoms with Crippen LogP contribution in [0.25, 0.3) is 0 Å². The van der Waals surface area contributed by atoms with Crippen molar-refractivity contribution in [1.82, 2.24) is 5.32 Å². The molecule has 3 nitrogen and oxygen atoms in total. The van der Waals surface area contributed by atoms with E-state index in [1.165, 1.54) is 0 Å². The molecule has 84 valence electrons. The van der Waals surface area contributed by atoms with Crippen LogP contribution in [0.1, 0.15) is 19.4 Å². The summed E-state index contributed by atoms with van der Waals surface area (Å²) in [5.74, 6) is 1.82. The van der Waals surface area contributed by atoms with Gasteiger partial charge in [0.25, 0.3) is 0 Å². The van der Waals surface area contributed by atoms with Gasteiger partial charge in [-0.05, 0) is 39.1 Å². The fraction of sp³-hybridized carbons (Fsp3) is 0.500. The monoisotopic (exact) mass is 209 g/mol. The maximum atomic E-state index is 5.53. The van der Waals surface area contributed by atoms with Gasteiger partial charge in [-0.15, -0.1) is 0 Å². The van der Waals surface area contributed by atoms with Crippen LogP contribution >= 0.6 is 0 Å². The van der Waals surface area contributed by atoms with Gasteiger partial charge < -0.3 is 14.8 Å². The third kappa shape index (κ3) is 3.44. The van der Waals surface area contributed by atoms with Crippen LogP contribution in [0.3, 0.4) is 0 Å². The van der Waals surface area contributed by atoms with Crippen LogP contribution in [0, 0.1) is 0 Å². The molecule has 0 bridgehead atoms. The predicted molar refractivity (Wildman–Crippen MR) is 61.5 cm³/mol. The molecule has 0 aromatic heterocycles. The molecule has 15 heavy (non-hydrogen) atoms. The van der Waals surface area contributed by atoms with E-state index in [0.717, 1.165) is 23.6 Å². The smallest absolute Gasteiger partial charge is 0.124 e. The Labute approximate surface area is 91.4 Å². The number of ether oxygens (including phenoxy) is 2. The lowest BCUT2D eigenvalue weighted by molar-refractivity contribution is 0.327. The summed E-state index contributed by atoms with van der Waals surface area (Å²) in [5.41, 5.74) is 1.13. The molecule has 0 saturated heterocycles. The number of hydrogen-bond acceptors (Lipinski definition) is 3. The summed E-state index contributed by atoms with van der Waals surface area (Å²) in [6, 6.07) is 5.92. The third-order valence-electron chi connectivity index (χ3n) is 2.01. The first kappa shape index (κ1) is 11.9. The molecule has 0 spiro atoms. The van der Waals surface area contributed by atoms with Gasteiger partial charge in [-0.3, -0.25) is 0 Å². The van der Waals surface area contributed by atoms with Gasteiger partial charge in [0.15, 0.2) is 0 Å². The van der Waals surface area contributed by atoms with Crippen molar-refractivity contribution in [1.29, 1.82) is 0 Å². The first-order valence-electron chi connectivity index (χ1n) is 5.34. The minimum Gasteiger partial charge on any atom is -0.494 e. The summed E-state index contributed by atoms with van der Waals surface area (Å²) < 4.78 is 11.0. The molecule has 3 heteroatoms. The Kier molecular flexibility index (Phi) is 4.98. The second-order valence-corrected chi connectivity index (χ2v) is 3.17. The van der Waals surface area contributed by atoms with Crippen molar-refractivity contribution in [3.8, 4) is 11.5 Å². The molecule has 1 rings (SSSR count). The third-order valence-corrected chi connectivity index (χ3v) is 2.01. The molecule has 1 aromatic rings. The molecule has 1 N–H and O–H groups in total. The van der Waals surface area contributed by atoms with E-state index in [1.54, 1.807) is 0 Å². The molecule has 0 atom stereocenters. The molecular formula is C12H19NO2. The van der Waals surface area contributed by atoms with Crippen molar-refractivity contribution in [2.75, 3.05) is 20.3 Å². The fourth-order valence-electron chi connectivity index (χ4n) is 1.44. The van der Waals surface area contributed by atoms with E-state index in [2.05, 4.69) is 5.32 Å². The van der Waals surface area contributed by atoms with E-state index < -0.39 is 0 Å². The zero-order chi connectivity index (χ0) is 11.1. The average molecular weight is 209 g/mol. The van der Waals surface area contributed by atoms with Crippen LogP contribution in [0.2, 0.25) is 0 Å². The van der Waals surface area contributed by atoms with Crippen LogP contribution in [-0.4, -0.2) is 20.3 Å². The van der Waals surface area contributed by atoms with Crippen molar-refractivity contribution < 1.29 is 9.47 Å². The van der Waals surface area contributed by atoms with Gasteiger partial charge in [0.2, 0.25) is 0 Å². The van der Waals surface area contributed by atoms with Gasteiger partial charge in [-0.2, -0.15) is 0 Å². The molecular weight excluding hydrogens is 190 g/mol. The Morgan fingerprint density at radius 1 is 1.13 bits per heavy atom. The molecule has 1 aromatic carbocycles. The average Bonchev–Trinajstić information content (AvgIpc) is 2.23. The summed E-state index contributed by atoms with van der Waals surface area (Å²) in [4.78, 5) is 0. The quantitative estimate of drug-likeness (QED) is 0.779. The minimum atomic E-state index is 0.685.